The van der Waals surface area contributed by atoms with Gasteiger partial charge in [-0.15, -0.1) is 0 Å². The van der Waals surface area contributed by atoms with Gasteiger partial charge >= 0.3 is 0 Å². The van der Waals surface area contributed by atoms with Gasteiger partial charge in [-0.25, -0.2) is 5.26 Å². The summed E-state index contributed by atoms with van der Waals surface area (Å²) in [5, 5.41) is 8.03. The Hall–Kier alpha value is -0.540. The van der Waals surface area contributed by atoms with Crippen molar-refractivity contribution in [1.82, 2.24) is 4.90 Å². The van der Waals surface area contributed by atoms with Gasteiger partial charge in [0.2, 0.25) is 0 Å². The first-order valence-electron chi connectivity index (χ1n) is 2.80. The van der Waals surface area contributed by atoms with Gasteiger partial charge in [-0.2, -0.15) is 0 Å². The summed E-state index contributed by atoms with van der Waals surface area (Å²) in [6.07, 6.45) is 0.670. The van der Waals surface area contributed by atoms with E-state index in [1.54, 1.807) is 0 Å². The Morgan fingerprint density at radius 2 is 2.22 bits per heavy atom. The fraction of sp³-hybridized carbons (Fsp3) is 0.667. The van der Waals surface area contributed by atoms with E-state index in [0.29, 0.717) is 12.2 Å². The second kappa shape index (κ2) is 4.35. The molecule has 0 fully saturated rings. The van der Waals surface area contributed by atoms with Gasteiger partial charge in [-0.3, -0.25) is 0 Å². The second-order valence-corrected chi connectivity index (χ2v) is 2.18. The zero-order valence-corrected chi connectivity index (χ0v) is 5.92. The molecule has 54 valence electrons. The average Bonchev–Trinajstić information content (AvgIpc) is 1.83. The van der Waals surface area contributed by atoms with Crippen molar-refractivity contribution in [2.24, 2.45) is 0 Å². The summed E-state index contributed by atoms with van der Waals surface area (Å²) in [5.41, 5.74) is 0. The van der Waals surface area contributed by atoms with Gasteiger partial charge in [0.05, 0.1) is 0 Å². The van der Waals surface area contributed by atoms with Crippen LogP contribution in [0, 0.1) is 0 Å². The first-order chi connectivity index (χ1) is 4.16. The number of rotatable bonds is 4. The largest absolute Gasteiger partial charge is 0.345 e. The van der Waals surface area contributed by atoms with Crippen molar-refractivity contribution < 1.29 is 10.1 Å². The van der Waals surface area contributed by atoms with E-state index in [0.717, 1.165) is 6.54 Å². The van der Waals surface area contributed by atoms with Crippen LogP contribution in [-0.2, 0) is 4.89 Å². The zero-order valence-electron chi connectivity index (χ0n) is 5.92. The normalized spacial score (nSPS) is 9.78. The summed E-state index contributed by atoms with van der Waals surface area (Å²) in [6, 6.07) is 0. The minimum absolute atomic E-state index is 0.406. The van der Waals surface area contributed by atoms with Crippen LogP contribution in [0.3, 0.4) is 0 Å². The van der Waals surface area contributed by atoms with E-state index in [4.69, 9.17) is 5.26 Å². The van der Waals surface area contributed by atoms with Crippen molar-refractivity contribution in [3.8, 4) is 0 Å². The molecule has 3 nitrogen and oxygen atoms in total. The van der Waals surface area contributed by atoms with Crippen molar-refractivity contribution in [1.29, 1.82) is 0 Å². The highest BCUT2D eigenvalue weighted by molar-refractivity contribution is 4.80. The third kappa shape index (κ3) is 5.33. The molecule has 0 atom stereocenters. The van der Waals surface area contributed by atoms with E-state index in [2.05, 4.69) is 11.5 Å². The Morgan fingerprint density at radius 1 is 1.67 bits per heavy atom. The van der Waals surface area contributed by atoms with Crippen LogP contribution in [0.1, 0.15) is 6.42 Å². The molecule has 0 aliphatic heterocycles. The van der Waals surface area contributed by atoms with E-state index in [-0.39, 0.29) is 0 Å². The summed E-state index contributed by atoms with van der Waals surface area (Å²) in [5.74, 6) is 0.406. The second-order valence-electron chi connectivity index (χ2n) is 2.18. The summed E-state index contributed by atoms with van der Waals surface area (Å²) in [7, 11) is 3.90. The van der Waals surface area contributed by atoms with Gasteiger partial charge in [0.15, 0.2) is 0 Å². The maximum absolute atomic E-state index is 8.03. The van der Waals surface area contributed by atoms with Crippen LogP contribution in [0.15, 0.2) is 12.3 Å². The first kappa shape index (κ1) is 8.46. The molecule has 9 heavy (non-hydrogen) atoms. The van der Waals surface area contributed by atoms with Crippen molar-refractivity contribution in [3.63, 3.8) is 0 Å². The molecule has 1 N–H and O–H groups in total. The lowest BCUT2D eigenvalue weighted by atomic mass is 10.4. The van der Waals surface area contributed by atoms with Crippen LogP contribution in [0.2, 0.25) is 0 Å². The average molecular weight is 131 g/mol. The van der Waals surface area contributed by atoms with Gasteiger partial charge in [-0.1, -0.05) is 6.58 Å². The molecule has 0 aliphatic carbocycles. The maximum Gasteiger partial charge on any atom is 0.136 e. The molecular formula is C6H13NO2. The molecule has 0 aromatic carbocycles. The molecule has 0 heterocycles. The van der Waals surface area contributed by atoms with Crippen molar-refractivity contribution in [3.05, 3.63) is 12.3 Å². The van der Waals surface area contributed by atoms with Gasteiger partial charge in [0.1, 0.15) is 5.76 Å². The topological polar surface area (TPSA) is 32.7 Å². The van der Waals surface area contributed by atoms with Crippen molar-refractivity contribution in [2.45, 2.75) is 6.42 Å². The molecule has 3 heteroatoms. The SMILES string of the molecule is C=C(CCN(C)C)OO. The highest BCUT2D eigenvalue weighted by Gasteiger charge is 1.94. The molecule has 0 bridgehead atoms. The quantitative estimate of drug-likeness (QED) is 0.350. The standard InChI is InChI=1S/C6H13NO2/c1-6(9-8)4-5-7(2)3/h8H,1,4-5H2,2-3H3. The predicted molar refractivity (Wildman–Crippen MR) is 36.0 cm³/mol. The van der Waals surface area contributed by atoms with Crippen LogP contribution in [-0.4, -0.2) is 30.8 Å². The number of hydrogen-bond donors (Lipinski definition) is 1. The first-order valence-corrected chi connectivity index (χ1v) is 2.80. The molecule has 0 amide bonds. The van der Waals surface area contributed by atoms with E-state index in [1.807, 2.05) is 19.0 Å². The molecule has 0 saturated carbocycles. The minimum atomic E-state index is 0.406. The van der Waals surface area contributed by atoms with Crippen molar-refractivity contribution >= 4 is 0 Å². The lowest BCUT2D eigenvalue weighted by Crippen LogP contribution is -2.13. The minimum Gasteiger partial charge on any atom is -0.345 e. The molecular weight excluding hydrogens is 118 g/mol. The Morgan fingerprint density at radius 3 is 2.56 bits per heavy atom. The van der Waals surface area contributed by atoms with Crippen LogP contribution in [0.4, 0.5) is 0 Å². The van der Waals surface area contributed by atoms with Crippen LogP contribution in [0.25, 0.3) is 0 Å². The van der Waals surface area contributed by atoms with Gasteiger partial charge < -0.3 is 9.79 Å². The smallest absolute Gasteiger partial charge is 0.136 e. The van der Waals surface area contributed by atoms with Gasteiger partial charge in [0, 0.05) is 13.0 Å². The monoisotopic (exact) mass is 131 g/mol. The molecule has 0 rings (SSSR count). The highest BCUT2D eigenvalue weighted by Crippen LogP contribution is 1.96. The van der Waals surface area contributed by atoms with E-state index in [1.165, 1.54) is 0 Å². The third-order valence-corrected chi connectivity index (χ3v) is 0.967. The Bertz CT molecular complexity index is 91.1. The molecule has 0 unspecified atom stereocenters. The zero-order chi connectivity index (χ0) is 7.28. The van der Waals surface area contributed by atoms with Gasteiger partial charge in [0.25, 0.3) is 0 Å². The number of hydrogen-bond acceptors (Lipinski definition) is 3. The molecule has 0 radical (unpaired) electrons. The van der Waals surface area contributed by atoms with E-state index in [9.17, 15) is 0 Å². The lowest BCUT2D eigenvalue weighted by molar-refractivity contribution is -0.205. The summed E-state index contributed by atoms with van der Waals surface area (Å²) in [4.78, 5) is 5.87. The fourth-order valence-corrected chi connectivity index (χ4v) is 0.394. The van der Waals surface area contributed by atoms with Crippen LogP contribution < -0.4 is 0 Å². The summed E-state index contributed by atoms with van der Waals surface area (Å²) in [6.45, 7) is 4.29. The molecule has 0 aliphatic rings. The molecule has 0 aromatic heterocycles. The predicted octanol–water partition coefficient (Wildman–Crippen LogP) is 0.941. The lowest BCUT2D eigenvalue weighted by Gasteiger charge is -2.07. The van der Waals surface area contributed by atoms with Crippen LogP contribution in [0.5, 0.6) is 0 Å². The Kier molecular flexibility index (Phi) is 4.09. The Balaban J connectivity index is 3.17. The van der Waals surface area contributed by atoms with E-state index < -0.39 is 0 Å². The van der Waals surface area contributed by atoms with Crippen molar-refractivity contribution in [2.75, 3.05) is 20.6 Å². The van der Waals surface area contributed by atoms with Gasteiger partial charge in [-0.05, 0) is 14.1 Å². The fourth-order valence-electron chi connectivity index (χ4n) is 0.394. The molecule has 0 spiro atoms. The van der Waals surface area contributed by atoms with E-state index >= 15 is 0 Å². The highest BCUT2D eigenvalue weighted by atomic mass is 17.1. The Labute approximate surface area is 55.5 Å². The van der Waals surface area contributed by atoms with Crippen LogP contribution >= 0.6 is 0 Å². The number of nitrogens with zero attached hydrogens (tertiary/aromatic N) is 1. The molecule has 0 aromatic rings. The molecule has 0 saturated heterocycles. The summed E-state index contributed by atoms with van der Waals surface area (Å²) >= 11 is 0. The third-order valence-electron chi connectivity index (χ3n) is 0.967. The maximum atomic E-state index is 8.03. The summed E-state index contributed by atoms with van der Waals surface area (Å²) < 4.78 is 0.